The average molecular weight is 342 g/mol. The Morgan fingerprint density at radius 2 is 1.74 bits per heavy atom. The minimum absolute atomic E-state index is 0.230. The molecule has 0 atom stereocenters. The monoisotopic (exact) mass is 342 g/mol. The first kappa shape index (κ1) is 17.6. The Labute approximate surface area is 136 Å². The number of carbonyl (C=O) groups excluding carboxylic acids is 1. The molecule has 128 valence electrons. The van der Waals surface area contributed by atoms with E-state index in [9.17, 15) is 13.2 Å². The van der Waals surface area contributed by atoms with Crippen molar-refractivity contribution >= 4 is 16.1 Å². The Morgan fingerprint density at radius 3 is 2.26 bits per heavy atom. The van der Waals surface area contributed by atoms with Gasteiger partial charge in [-0.05, 0) is 30.7 Å². The summed E-state index contributed by atoms with van der Waals surface area (Å²) in [5.41, 5.74) is 0. The minimum atomic E-state index is -3.56. The molecule has 23 heavy (non-hydrogen) atoms. The number of hydrogen-bond donors (Lipinski definition) is 0. The second kappa shape index (κ2) is 7.65. The lowest BCUT2D eigenvalue weighted by atomic mass is 10.3. The molecule has 0 spiro atoms. The molecule has 0 unspecified atom stereocenters. The second-order valence-electron chi connectivity index (χ2n) is 5.18. The van der Waals surface area contributed by atoms with Crippen molar-refractivity contribution < 1.29 is 22.7 Å². The third-order valence-corrected chi connectivity index (χ3v) is 5.52. The number of hydrogen-bond acceptors (Lipinski definition) is 5. The van der Waals surface area contributed by atoms with Crippen LogP contribution in [0.25, 0.3) is 0 Å². The molecule has 0 saturated carbocycles. The van der Waals surface area contributed by atoms with Crippen molar-refractivity contribution in [3.63, 3.8) is 0 Å². The fraction of sp³-hybridized carbons (Fsp3) is 0.533. The number of rotatable bonds is 5. The highest BCUT2D eigenvalue weighted by molar-refractivity contribution is 7.89. The Kier molecular flexibility index (Phi) is 5.84. The van der Waals surface area contributed by atoms with Crippen molar-refractivity contribution in [1.29, 1.82) is 0 Å². The van der Waals surface area contributed by atoms with Crippen LogP contribution in [0.2, 0.25) is 0 Å². The summed E-state index contributed by atoms with van der Waals surface area (Å²) in [4.78, 5) is 13.2. The third-order valence-electron chi connectivity index (χ3n) is 3.61. The van der Waals surface area contributed by atoms with Crippen molar-refractivity contribution in [2.24, 2.45) is 0 Å². The van der Waals surface area contributed by atoms with E-state index in [1.54, 1.807) is 24.3 Å². The number of methoxy groups -OCH3 is 1. The lowest BCUT2D eigenvalue weighted by Crippen LogP contribution is -2.50. The SMILES string of the molecule is CCCOc1ccc(S(=O)(=O)N2CCN(C(=O)OC)CC2)cc1. The van der Waals surface area contributed by atoms with E-state index in [0.717, 1.165) is 6.42 Å². The molecule has 1 aromatic rings. The van der Waals surface area contributed by atoms with E-state index < -0.39 is 16.1 Å². The van der Waals surface area contributed by atoms with Crippen LogP contribution in [0.3, 0.4) is 0 Å². The Hall–Kier alpha value is -1.80. The number of nitrogens with zero attached hydrogens (tertiary/aromatic N) is 2. The number of benzene rings is 1. The zero-order valence-electron chi connectivity index (χ0n) is 13.4. The van der Waals surface area contributed by atoms with Gasteiger partial charge in [0.15, 0.2) is 0 Å². The zero-order valence-corrected chi connectivity index (χ0v) is 14.2. The van der Waals surface area contributed by atoms with E-state index in [2.05, 4.69) is 4.74 Å². The largest absolute Gasteiger partial charge is 0.494 e. The Morgan fingerprint density at radius 1 is 1.13 bits per heavy atom. The van der Waals surface area contributed by atoms with Crippen LogP contribution in [0.1, 0.15) is 13.3 Å². The van der Waals surface area contributed by atoms with Crippen molar-refractivity contribution in [2.75, 3.05) is 39.9 Å². The summed E-state index contributed by atoms with van der Waals surface area (Å²) in [6.07, 6.45) is 0.462. The minimum Gasteiger partial charge on any atom is -0.494 e. The quantitative estimate of drug-likeness (QED) is 0.811. The van der Waals surface area contributed by atoms with Gasteiger partial charge in [0.25, 0.3) is 0 Å². The summed E-state index contributed by atoms with van der Waals surface area (Å²) >= 11 is 0. The van der Waals surface area contributed by atoms with Crippen LogP contribution in [0, 0.1) is 0 Å². The fourth-order valence-corrected chi connectivity index (χ4v) is 3.74. The maximum absolute atomic E-state index is 12.6. The molecule has 1 amide bonds. The van der Waals surface area contributed by atoms with Crippen LogP contribution in [0.15, 0.2) is 29.2 Å². The summed E-state index contributed by atoms with van der Waals surface area (Å²) < 4.78 is 36.7. The molecule has 1 heterocycles. The lowest BCUT2D eigenvalue weighted by molar-refractivity contribution is 0.108. The van der Waals surface area contributed by atoms with Gasteiger partial charge in [0, 0.05) is 26.2 Å². The van der Waals surface area contributed by atoms with Gasteiger partial charge in [0.2, 0.25) is 10.0 Å². The first-order valence-corrected chi connectivity index (χ1v) is 8.99. The number of carbonyl (C=O) groups is 1. The van der Waals surface area contributed by atoms with Crippen LogP contribution >= 0.6 is 0 Å². The van der Waals surface area contributed by atoms with Crippen LogP contribution < -0.4 is 4.74 Å². The van der Waals surface area contributed by atoms with Crippen molar-refractivity contribution in [3.05, 3.63) is 24.3 Å². The smallest absolute Gasteiger partial charge is 0.409 e. The molecule has 2 rings (SSSR count). The topological polar surface area (TPSA) is 76.2 Å². The van der Waals surface area contributed by atoms with E-state index in [-0.39, 0.29) is 18.0 Å². The standard InChI is InChI=1S/C15H22N2O5S/c1-3-12-22-13-4-6-14(7-5-13)23(19,20)17-10-8-16(9-11-17)15(18)21-2/h4-7H,3,8-12H2,1-2H3. The van der Waals surface area contributed by atoms with Crippen LogP contribution in [0.5, 0.6) is 5.75 Å². The molecular weight excluding hydrogens is 320 g/mol. The van der Waals surface area contributed by atoms with Crippen LogP contribution in [-0.4, -0.2) is 63.6 Å². The molecule has 8 heteroatoms. The average Bonchev–Trinajstić information content (AvgIpc) is 2.59. The fourth-order valence-electron chi connectivity index (χ4n) is 2.32. The van der Waals surface area contributed by atoms with Gasteiger partial charge in [-0.1, -0.05) is 6.92 Å². The summed E-state index contributed by atoms with van der Waals surface area (Å²) in [5.74, 6) is 0.654. The van der Waals surface area contributed by atoms with Gasteiger partial charge < -0.3 is 14.4 Å². The highest BCUT2D eigenvalue weighted by Crippen LogP contribution is 2.21. The van der Waals surface area contributed by atoms with Crippen LogP contribution in [0.4, 0.5) is 4.79 Å². The second-order valence-corrected chi connectivity index (χ2v) is 7.12. The first-order valence-electron chi connectivity index (χ1n) is 7.55. The Balaban J connectivity index is 2.03. The van der Waals surface area contributed by atoms with Gasteiger partial charge in [0.1, 0.15) is 5.75 Å². The third kappa shape index (κ3) is 4.14. The van der Waals surface area contributed by atoms with Crippen molar-refractivity contribution in [2.45, 2.75) is 18.2 Å². The van der Waals surface area contributed by atoms with Gasteiger partial charge in [-0.3, -0.25) is 0 Å². The van der Waals surface area contributed by atoms with Crippen molar-refractivity contribution in [3.8, 4) is 5.75 Å². The molecule has 1 aliphatic rings. The summed E-state index contributed by atoms with van der Waals surface area (Å²) in [6.45, 7) is 3.76. The number of amides is 1. The molecule has 0 aliphatic carbocycles. The number of piperazine rings is 1. The number of sulfonamides is 1. The molecule has 0 bridgehead atoms. The molecule has 1 aliphatic heterocycles. The molecule has 0 aromatic heterocycles. The molecule has 7 nitrogen and oxygen atoms in total. The van der Waals surface area contributed by atoms with Crippen molar-refractivity contribution in [1.82, 2.24) is 9.21 Å². The molecule has 1 aromatic carbocycles. The van der Waals surface area contributed by atoms with Gasteiger partial charge >= 0.3 is 6.09 Å². The van der Waals surface area contributed by atoms with E-state index >= 15 is 0 Å². The van der Waals surface area contributed by atoms with Gasteiger partial charge in [-0.25, -0.2) is 13.2 Å². The maximum atomic E-state index is 12.6. The molecule has 0 N–H and O–H groups in total. The van der Waals surface area contributed by atoms with Crippen LogP contribution in [-0.2, 0) is 14.8 Å². The predicted molar refractivity (Wildman–Crippen MR) is 85.0 cm³/mol. The first-order chi connectivity index (χ1) is 11.0. The highest BCUT2D eigenvalue weighted by Gasteiger charge is 2.30. The molecule has 0 radical (unpaired) electrons. The summed E-state index contributed by atoms with van der Waals surface area (Å²) in [7, 11) is -2.24. The lowest BCUT2D eigenvalue weighted by Gasteiger charge is -2.33. The van der Waals surface area contributed by atoms with E-state index in [1.807, 2.05) is 6.92 Å². The molecule has 1 saturated heterocycles. The highest BCUT2D eigenvalue weighted by atomic mass is 32.2. The Bertz CT molecular complexity index is 622. The van der Waals surface area contributed by atoms with E-state index in [1.165, 1.54) is 16.3 Å². The van der Waals surface area contributed by atoms with Gasteiger partial charge in [-0.15, -0.1) is 0 Å². The predicted octanol–water partition coefficient (Wildman–Crippen LogP) is 1.55. The number of ether oxygens (including phenoxy) is 2. The summed E-state index contributed by atoms with van der Waals surface area (Å²) in [6, 6.07) is 6.42. The zero-order chi connectivity index (χ0) is 16.9. The van der Waals surface area contributed by atoms with E-state index in [0.29, 0.717) is 25.4 Å². The normalized spacial score (nSPS) is 16.2. The van der Waals surface area contributed by atoms with Gasteiger partial charge in [0.05, 0.1) is 18.6 Å². The summed E-state index contributed by atoms with van der Waals surface area (Å²) in [5, 5.41) is 0. The van der Waals surface area contributed by atoms with E-state index in [4.69, 9.17) is 4.74 Å². The maximum Gasteiger partial charge on any atom is 0.409 e. The van der Waals surface area contributed by atoms with Gasteiger partial charge in [-0.2, -0.15) is 4.31 Å². The molecular formula is C15H22N2O5S. The molecule has 1 fully saturated rings.